The van der Waals surface area contributed by atoms with Crippen molar-refractivity contribution in [2.45, 2.75) is 6.42 Å². The molecule has 0 unspecified atom stereocenters. The number of hydrogen-bond donors (Lipinski definition) is 1. The van der Waals surface area contributed by atoms with Crippen molar-refractivity contribution in [2.75, 3.05) is 11.9 Å². The Kier molecular flexibility index (Phi) is 4.54. The largest absolute Gasteiger partial charge is 0.354 e. The minimum Gasteiger partial charge on any atom is -0.354 e. The summed E-state index contributed by atoms with van der Waals surface area (Å²) in [5, 5.41) is 9.82. The number of hydrogen-bond acceptors (Lipinski definition) is 5. The van der Waals surface area contributed by atoms with Crippen LogP contribution in [0.3, 0.4) is 0 Å². The van der Waals surface area contributed by atoms with E-state index in [0.717, 1.165) is 33.6 Å². The molecule has 7 heteroatoms. The van der Waals surface area contributed by atoms with Crippen LogP contribution in [0.2, 0.25) is 5.02 Å². The molecule has 29 heavy (non-hydrogen) atoms. The highest BCUT2D eigenvalue weighted by molar-refractivity contribution is 6.30. The third-order valence-electron chi connectivity index (χ3n) is 4.73. The quantitative estimate of drug-likeness (QED) is 0.465. The minimum absolute atomic E-state index is 0.645. The first kappa shape index (κ1) is 17.6. The lowest BCUT2D eigenvalue weighted by Crippen LogP contribution is -2.11. The third-order valence-corrected chi connectivity index (χ3v) is 4.98. The van der Waals surface area contributed by atoms with Crippen molar-refractivity contribution >= 4 is 34.1 Å². The van der Waals surface area contributed by atoms with Crippen LogP contribution in [0.4, 0.5) is 5.95 Å². The fourth-order valence-corrected chi connectivity index (χ4v) is 3.39. The van der Waals surface area contributed by atoms with Gasteiger partial charge < -0.3 is 5.32 Å². The van der Waals surface area contributed by atoms with Gasteiger partial charge in [0, 0.05) is 34.9 Å². The number of halogens is 1. The molecule has 0 aliphatic heterocycles. The molecule has 0 spiro atoms. The van der Waals surface area contributed by atoms with Crippen molar-refractivity contribution in [3.8, 4) is 11.4 Å². The van der Waals surface area contributed by atoms with Gasteiger partial charge in [0.15, 0.2) is 11.5 Å². The Hall–Kier alpha value is -3.51. The van der Waals surface area contributed by atoms with Crippen LogP contribution in [0.15, 0.2) is 73.1 Å². The maximum Gasteiger partial charge on any atom is 0.226 e. The predicted molar refractivity (Wildman–Crippen MR) is 115 cm³/mol. The van der Waals surface area contributed by atoms with Crippen LogP contribution in [0.5, 0.6) is 0 Å². The van der Waals surface area contributed by atoms with Crippen molar-refractivity contribution in [2.24, 2.45) is 0 Å². The highest BCUT2D eigenvalue weighted by Crippen LogP contribution is 2.24. The molecule has 3 heterocycles. The SMILES string of the molecule is Clc1ccc(CCNc2nc3ccccc3c3nc(-c4ccncc4)nn23)cc1. The van der Waals surface area contributed by atoms with Gasteiger partial charge >= 0.3 is 0 Å². The summed E-state index contributed by atoms with van der Waals surface area (Å²) in [5.74, 6) is 1.31. The highest BCUT2D eigenvalue weighted by Gasteiger charge is 2.14. The number of pyridine rings is 1. The first-order valence-electron chi connectivity index (χ1n) is 9.32. The van der Waals surface area contributed by atoms with Gasteiger partial charge in [0.1, 0.15) is 0 Å². The summed E-state index contributed by atoms with van der Waals surface area (Å²) in [4.78, 5) is 13.6. The number of aromatic nitrogens is 5. The van der Waals surface area contributed by atoms with Gasteiger partial charge in [-0.3, -0.25) is 4.98 Å². The van der Waals surface area contributed by atoms with E-state index < -0.39 is 0 Å². The molecule has 2 aromatic carbocycles. The number of anilines is 1. The van der Waals surface area contributed by atoms with Crippen LogP contribution in [-0.4, -0.2) is 31.1 Å². The zero-order chi connectivity index (χ0) is 19.6. The van der Waals surface area contributed by atoms with E-state index in [1.165, 1.54) is 5.56 Å². The van der Waals surface area contributed by atoms with Gasteiger partial charge in [-0.05, 0) is 48.4 Å². The number of benzene rings is 2. The molecule has 0 bridgehead atoms. The lowest BCUT2D eigenvalue weighted by Gasteiger charge is -2.09. The van der Waals surface area contributed by atoms with Crippen LogP contribution in [0.1, 0.15) is 5.56 Å². The van der Waals surface area contributed by atoms with Gasteiger partial charge in [0.05, 0.1) is 5.52 Å². The first-order chi connectivity index (χ1) is 14.3. The van der Waals surface area contributed by atoms with E-state index in [1.54, 1.807) is 16.9 Å². The molecular formula is C22H17ClN6. The van der Waals surface area contributed by atoms with Gasteiger partial charge in [0.2, 0.25) is 5.95 Å². The predicted octanol–water partition coefficient (Wildman–Crippen LogP) is 4.65. The Morgan fingerprint density at radius 3 is 2.52 bits per heavy atom. The second-order valence-electron chi connectivity index (χ2n) is 6.66. The molecule has 1 N–H and O–H groups in total. The number of rotatable bonds is 5. The molecule has 0 saturated heterocycles. The molecular weight excluding hydrogens is 384 g/mol. The number of fused-ring (bicyclic) bond motifs is 3. The smallest absolute Gasteiger partial charge is 0.226 e. The fraction of sp³-hybridized carbons (Fsp3) is 0.0909. The monoisotopic (exact) mass is 400 g/mol. The summed E-state index contributed by atoms with van der Waals surface area (Å²) in [6, 6.07) is 19.6. The lowest BCUT2D eigenvalue weighted by molar-refractivity contribution is 0.907. The normalized spacial score (nSPS) is 11.2. The molecule has 6 nitrogen and oxygen atoms in total. The van der Waals surface area contributed by atoms with E-state index in [-0.39, 0.29) is 0 Å². The molecule has 5 rings (SSSR count). The molecule has 0 aliphatic rings. The van der Waals surface area contributed by atoms with Crippen molar-refractivity contribution in [1.29, 1.82) is 0 Å². The summed E-state index contributed by atoms with van der Waals surface area (Å²) in [6.07, 6.45) is 4.32. The molecule has 142 valence electrons. The van der Waals surface area contributed by atoms with Crippen molar-refractivity contribution in [3.05, 3.63) is 83.6 Å². The average molecular weight is 401 g/mol. The molecule has 0 atom stereocenters. The molecule has 5 aromatic rings. The molecule has 0 radical (unpaired) electrons. The standard InChI is InChI=1S/C22H17ClN6/c23-17-7-5-15(6-8-17)9-14-25-22-26-19-4-2-1-3-18(19)21-27-20(28-29(21)22)16-10-12-24-13-11-16/h1-8,10-13H,9,14H2,(H,25,26). The van der Waals surface area contributed by atoms with Crippen molar-refractivity contribution in [1.82, 2.24) is 24.6 Å². The van der Waals surface area contributed by atoms with Gasteiger partial charge in [-0.15, -0.1) is 5.10 Å². The maximum atomic E-state index is 5.97. The minimum atomic E-state index is 0.645. The number of para-hydroxylation sites is 1. The molecule has 0 fully saturated rings. The Bertz CT molecular complexity index is 1280. The van der Waals surface area contributed by atoms with E-state index in [2.05, 4.69) is 10.3 Å². The maximum absolute atomic E-state index is 5.97. The van der Waals surface area contributed by atoms with E-state index in [1.807, 2.05) is 60.7 Å². The van der Waals surface area contributed by atoms with Gasteiger partial charge in [-0.25, -0.2) is 9.97 Å². The molecule has 0 amide bonds. The zero-order valence-corrected chi connectivity index (χ0v) is 16.2. The van der Waals surface area contributed by atoms with Crippen LogP contribution in [0, 0.1) is 0 Å². The van der Waals surface area contributed by atoms with E-state index in [4.69, 9.17) is 26.7 Å². The van der Waals surface area contributed by atoms with Gasteiger partial charge in [0.25, 0.3) is 0 Å². The lowest BCUT2D eigenvalue weighted by atomic mass is 10.1. The van der Waals surface area contributed by atoms with Gasteiger partial charge in [-0.2, -0.15) is 4.52 Å². The topological polar surface area (TPSA) is 68.0 Å². The number of nitrogens with zero attached hydrogens (tertiary/aromatic N) is 5. The van der Waals surface area contributed by atoms with Crippen molar-refractivity contribution < 1.29 is 0 Å². The van der Waals surface area contributed by atoms with Crippen LogP contribution >= 0.6 is 11.6 Å². The average Bonchev–Trinajstić information content (AvgIpc) is 3.22. The van der Waals surface area contributed by atoms with Gasteiger partial charge in [-0.1, -0.05) is 35.9 Å². The third kappa shape index (κ3) is 3.50. The first-order valence-corrected chi connectivity index (χ1v) is 9.70. The summed E-state index contributed by atoms with van der Waals surface area (Å²) >= 11 is 5.97. The second-order valence-corrected chi connectivity index (χ2v) is 7.10. The molecule has 3 aromatic heterocycles. The van der Waals surface area contributed by atoms with E-state index in [9.17, 15) is 0 Å². The Balaban J connectivity index is 1.52. The van der Waals surface area contributed by atoms with Crippen LogP contribution in [0.25, 0.3) is 27.9 Å². The summed E-state index contributed by atoms with van der Waals surface area (Å²) in [5.41, 5.74) is 3.77. The summed E-state index contributed by atoms with van der Waals surface area (Å²) in [7, 11) is 0. The number of nitrogens with one attached hydrogen (secondary N) is 1. The summed E-state index contributed by atoms with van der Waals surface area (Å²) in [6.45, 7) is 0.715. The van der Waals surface area contributed by atoms with Crippen LogP contribution in [-0.2, 0) is 6.42 Å². The van der Waals surface area contributed by atoms with E-state index >= 15 is 0 Å². The second kappa shape index (κ2) is 7.48. The molecule has 0 saturated carbocycles. The fourth-order valence-electron chi connectivity index (χ4n) is 3.26. The highest BCUT2D eigenvalue weighted by atomic mass is 35.5. The van der Waals surface area contributed by atoms with Crippen molar-refractivity contribution in [3.63, 3.8) is 0 Å². The Labute approximate surface area is 172 Å². The molecule has 0 aliphatic carbocycles. The summed E-state index contributed by atoms with van der Waals surface area (Å²) < 4.78 is 1.78. The Morgan fingerprint density at radius 2 is 1.69 bits per heavy atom. The van der Waals surface area contributed by atoms with Crippen LogP contribution < -0.4 is 5.32 Å². The zero-order valence-electron chi connectivity index (χ0n) is 15.5. The van der Waals surface area contributed by atoms with E-state index in [0.29, 0.717) is 18.3 Å². The Morgan fingerprint density at radius 1 is 0.897 bits per heavy atom.